The zero-order valence-electron chi connectivity index (χ0n) is 12.1. The van der Waals surface area contributed by atoms with Crippen LogP contribution in [-0.4, -0.2) is 20.2 Å². The summed E-state index contributed by atoms with van der Waals surface area (Å²) in [6, 6.07) is 4.30. The summed E-state index contributed by atoms with van der Waals surface area (Å²) >= 11 is 6.36. The maximum Gasteiger partial charge on any atom is 0.140 e. The van der Waals surface area contributed by atoms with Crippen LogP contribution in [0.25, 0.3) is 0 Å². The average Bonchev–Trinajstić information content (AvgIpc) is 2.39. The topological polar surface area (TPSA) is 21.3 Å². The van der Waals surface area contributed by atoms with E-state index in [2.05, 4.69) is 25.2 Å². The molecular formula is C16H24ClNO. The molecule has 0 radical (unpaired) electrons. The maximum atomic E-state index is 6.36. The Kier molecular flexibility index (Phi) is 5.12. The lowest BCUT2D eigenvalue weighted by molar-refractivity contribution is 0.364. The second-order valence-corrected chi connectivity index (χ2v) is 6.17. The van der Waals surface area contributed by atoms with Gasteiger partial charge in [0.25, 0.3) is 0 Å². The number of hydrogen-bond acceptors (Lipinski definition) is 2. The Hall–Kier alpha value is -0.730. The van der Waals surface area contributed by atoms with Crippen LogP contribution in [0.1, 0.15) is 43.7 Å². The lowest BCUT2D eigenvalue weighted by Crippen LogP contribution is -2.30. The monoisotopic (exact) mass is 281 g/mol. The van der Waals surface area contributed by atoms with E-state index >= 15 is 0 Å². The standard InChI is InChI=1S/C16H24ClNO/c1-11(2)13-8-14(16(19-3)15(17)9-13)7-12-5-4-6-18-10-12/h8-9,11-12,18H,4-7,10H2,1-3H3. The van der Waals surface area contributed by atoms with Gasteiger partial charge in [-0.05, 0) is 61.4 Å². The zero-order chi connectivity index (χ0) is 13.8. The highest BCUT2D eigenvalue weighted by Crippen LogP contribution is 2.34. The Morgan fingerprint density at radius 1 is 1.42 bits per heavy atom. The second kappa shape index (κ2) is 6.62. The lowest BCUT2D eigenvalue weighted by atomic mass is 9.90. The molecule has 1 atom stereocenters. The van der Waals surface area contributed by atoms with Crippen LogP contribution >= 0.6 is 11.6 Å². The fourth-order valence-corrected chi connectivity index (χ4v) is 3.12. The van der Waals surface area contributed by atoms with E-state index in [4.69, 9.17) is 16.3 Å². The molecule has 2 nitrogen and oxygen atoms in total. The average molecular weight is 282 g/mol. The molecule has 0 bridgehead atoms. The van der Waals surface area contributed by atoms with Gasteiger partial charge in [-0.15, -0.1) is 0 Å². The molecule has 0 saturated carbocycles. The van der Waals surface area contributed by atoms with Crippen LogP contribution in [-0.2, 0) is 6.42 Å². The van der Waals surface area contributed by atoms with Crippen molar-refractivity contribution < 1.29 is 4.74 Å². The first-order valence-corrected chi connectivity index (χ1v) is 7.56. The third-order valence-corrected chi connectivity index (χ3v) is 4.20. The number of rotatable bonds is 4. The quantitative estimate of drug-likeness (QED) is 0.900. The molecule has 0 aromatic heterocycles. The van der Waals surface area contributed by atoms with Crippen LogP contribution in [0.3, 0.4) is 0 Å². The Bertz CT molecular complexity index is 425. The van der Waals surface area contributed by atoms with Gasteiger partial charge in [-0.3, -0.25) is 0 Å². The largest absolute Gasteiger partial charge is 0.495 e. The summed E-state index contributed by atoms with van der Waals surface area (Å²) in [4.78, 5) is 0. The summed E-state index contributed by atoms with van der Waals surface area (Å²) in [5, 5.41) is 4.21. The first-order chi connectivity index (χ1) is 9.11. The van der Waals surface area contributed by atoms with Crippen molar-refractivity contribution in [2.24, 2.45) is 5.92 Å². The van der Waals surface area contributed by atoms with Gasteiger partial charge >= 0.3 is 0 Å². The Labute approximate surface area is 121 Å². The molecule has 106 valence electrons. The molecule has 3 heteroatoms. The Morgan fingerprint density at radius 3 is 2.79 bits per heavy atom. The molecule has 1 aromatic rings. The highest BCUT2D eigenvalue weighted by atomic mass is 35.5. The molecule has 1 heterocycles. The minimum absolute atomic E-state index is 0.492. The van der Waals surface area contributed by atoms with Crippen molar-refractivity contribution in [2.75, 3.05) is 20.2 Å². The fraction of sp³-hybridized carbons (Fsp3) is 0.625. The van der Waals surface area contributed by atoms with Crippen molar-refractivity contribution in [3.63, 3.8) is 0 Å². The van der Waals surface area contributed by atoms with Crippen molar-refractivity contribution in [2.45, 2.75) is 39.0 Å². The number of halogens is 1. The molecule has 0 amide bonds. The predicted molar refractivity (Wildman–Crippen MR) is 81.4 cm³/mol. The van der Waals surface area contributed by atoms with E-state index in [-0.39, 0.29) is 0 Å². The van der Waals surface area contributed by atoms with Gasteiger partial charge in [0.2, 0.25) is 0 Å². The van der Waals surface area contributed by atoms with Gasteiger partial charge in [0, 0.05) is 0 Å². The molecule has 1 unspecified atom stereocenters. The van der Waals surface area contributed by atoms with E-state index in [1.165, 1.54) is 24.0 Å². The fourth-order valence-electron chi connectivity index (χ4n) is 2.80. The SMILES string of the molecule is COc1c(Cl)cc(C(C)C)cc1CC1CCCNC1. The molecule has 1 aliphatic heterocycles. The maximum absolute atomic E-state index is 6.36. The summed E-state index contributed by atoms with van der Waals surface area (Å²) in [5.41, 5.74) is 2.55. The summed E-state index contributed by atoms with van der Waals surface area (Å²) in [6.07, 6.45) is 3.61. The summed E-state index contributed by atoms with van der Waals surface area (Å²) in [7, 11) is 1.71. The Morgan fingerprint density at radius 2 is 2.21 bits per heavy atom. The van der Waals surface area contributed by atoms with Crippen LogP contribution in [0.2, 0.25) is 5.02 Å². The van der Waals surface area contributed by atoms with E-state index in [1.54, 1.807) is 7.11 Å². The highest BCUT2D eigenvalue weighted by molar-refractivity contribution is 6.32. The zero-order valence-corrected chi connectivity index (χ0v) is 12.9. The smallest absolute Gasteiger partial charge is 0.140 e. The molecule has 1 fully saturated rings. The van der Waals surface area contributed by atoms with E-state index in [9.17, 15) is 0 Å². The van der Waals surface area contributed by atoms with Crippen LogP contribution < -0.4 is 10.1 Å². The second-order valence-electron chi connectivity index (χ2n) is 5.77. The minimum atomic E-state index is 0.492. The number of benzene rings is 1. The van der Waals surface area contributed by atoms with Crippen molar-refractivity contribution >= 4 is 11.6 Å². The van der Waals surface area contributed by atoms with E-state index < -0.39 is 0 Å². The van der Waals surface area contributed by atoms with Gasteiger partial charge in [-0.2, -0.15) is 0 Å². The highest BCUT2D eigenvalue weighted by Gasteiger charge is 2.18. The van der Waals surface area contributed by atoms with Crippen molar-refractivity contribution in [1.29, 1.82) is 0 Å². The molecule has 1 saturated heterocycles. The van der Waals surface area contributed by atoms with Gasteiger partial charge in [0.05, 0.1) is 12.1 Å². The molecule has 1 aromatic carbocycles. The molecule has 0 aliphatic carbocycles. The predicted octanol–water partition coefficient (Wildman–Crippen LogP) is 4.01. The van der Waals surface area contributed by atoms with Crippen LogP contribution in [0.15, 0.2) is 12.1 Å². The first-order valence-electron chi connectivity index (χ1n) is 7.18. The van der Waals surface area contributed by atoms with Gasteiger partial charge in [-0.25, -0.2) is 0 Å². The minimum Gasteiger partial charge on any atom is -0.495 e. The normalized spacial score (nSPS) is 19.7. The number of nitrogens with one attached hydrogen (secondary N) is 1. The van der Waals surface area contributed by atoms with Gasteiger partial charge in [0.15, 0.2) is 0 Å². The van der Waals surface area contributed by atoms with Gasteiger partial charge in [0.1, 0.15) is 5.75 Å². The van der Waals surface area contributed by atoms with Crippen molar-refractivity contribution in [1.82, 2.24) is 5.32 Å². The summed E-state index contributed by atoms with van der Waals surface area (Å²) in [5.74, 6) is 2.05. The van der Waals surface area contributed by atoms with Crippen LogP contribution in [0, 0.1) is 5.92 Å². The number of ether oxygens (including phenoxy) is 1. The van der Waals surface area contributed by atoms with Crippen LogP contribution in [0.5, 0.6) is 5.75 Å². The Balaban J connectivity index is 2.25. The van der Waals surface area contributed by atoms with Crippen LogP contribution in [0.4, 0.5) is 0 Å². The molecule has 2 rings (SSSR count). The lowest BCUT2D eigenvalue weighted by Gasteiger charge is -2.24. The third-order valence-electron chi connectivity index (χ3n) is 3.92. The van der Waals surface area contributed by atoms with Gasteiger partial charge < -0.3 is 10.1 Å². The van der Waals surface area contributed by atoms with E-state index in [0.29, 0.717) is 11.8 Å². The van der Waals surface area contributed by atoms with Crippen molar-refractivity contribution in [3.05, 3.63) is 28.3 Å². The summed E-state index contributed by atoms with van der Waals surface area (Å²) in [6.45, 7) is 6.65. The summed E-state index contributed by atoms with van der Waals surface area (Å²) < 4.78 is 5.50. The molecule has 1 aliphatic rings. The number of piperidine rings is 1. The first kappa shape index (κ1) is 14.7. The van der Waals surface area contributed by atoms with E-state index in [1.807, 2.05) is 6.07 Å². The molecular weight excluding hydrogens is 258 g/mol. The van der Waals surface area contributed by atoms with Gasteiger partial charge in [-0.1, -0.05) is 31.5 Å². The third kappa shape index (κ3) is 3.64. The molecule has 1 N–H and O–H groups in total. The number of hydrogen-bond donors (Lipinski definition) is 1. The molecule has 0 spiro atoms. The van der Waals surface area contributed by atoms with Crippen molar-refractivity contribution in [3.8, 4) is 5.75 Å². The number of methoxy groups -OCH3 is 1. The van der Waals surface area contributed by atoms with E-state index in [0.717, 1.165) is 30.3 Å². The molecule has 19 heavy (non-hydrogen) atoms.